The Hall–Kier alpha value is -1.43. The first-order valence-corrected chi connectivity index (χ1v) is 14.2. The van der Waals surface area contributed by atoms with Crippen LogP contribution < -0.4 is 4.74 Å². The Bertz CT molecular complexity index is 1000. The number of halogens is 1. The summed E-state index contributed by atoms with van der Waals surface area (Å²) in [7, 11) is -3.47. The Balaban J connectivity index is 1.24. The molecule has 6 aliphatic carbocycles. The van der Waals surface area contributed by atoms with Gasteiger partial charge in [-0.1, -0.05) is 6.42 Å². The molecule has 7 rings (SSSR count). The van der Waals surface area contributed by atoms with Crippen molar-refractivity contribution in [1.82, 2.24) is 0 Å². The topological polar surface area (TPSA) is 60.4 Å². The van der Waals surface area contributed by atoms with Crippen molar-refractivity contribution in [1.29, 1.82) is 0 Å². The van der Waals surface area contributed by atoms with Crippen LogP contribution in [0.4, 0.5) is 4.39 Å². The van der Waals surface area contributed by atoms with Gasteiger partial charge < -0.3 is 4.74 Å². The molecule has 0 aliphatic heterocycles. The molecule has 6 heteroatoms. The van der Waals surface area contributed by atoms with Crippen LogP contribution >= 0.6 is 0 Å². The summed E-state index contributed by atoms with van der Waals surface area (Å²) in [6.07, 6.45) is 12.2. The van der Waals surface area contributed by atoms with Gasteiger partial charge >= 0.3 is 0 Å². The smallest absolute Gasteiger partial charge is 0.180 e. The molecule has 0 heterocycles. The summed E-state index contributed by atoms with van der Waals surface area (Å²) in [5, 5.41) is -0.413. The Labute approximate surface area is 190 Å². The third-order valence-electron chi connectivity index (χ3n) is 9.01. The van der Waals surface area contributed by atoms with Crippen molar-refractivity contribution >= 4 is 15.6 Å². The number of benzene rings is 1. The molecule has 0 radical (unpaired) electrons. The summed E-state index contributed by atoms with van der Waals surface area (Å²) >= 11 is 0. The second-order valence-corrected chi connectivity index (χ2v) is 13.9. The zero-order valence-corrected chi connectivity index (χ0v) is 19.5. The number of ketones is 1. The van der Waals surface area contributed by atoms with Gasteiger partial charge in [0.05, 0.1) is 17.4 Å². The predicted molar refractivity (Wildman–Crippen MR) is 120 cm³/mol. The van der Waals surface area contributed by atoms with Gasteiger partial charge in [-0.15, -0.1) is 0 Å². The lowest BCUT2D eigenvalue weighted by Crippen LogP contribution is -2.48. The largest absolute Gasteiger partial charge is 0.493 e. The molecule has 0 unspecified atom stereocenters. The Morgan fingerprint density at radius 2 is 1.62 bits per heavy atom. The summed E-state index contributed by atoms with van der Waals surface area (Å²) < 4.78 is 46.0. The van der Waals surface area contributed by atoms with E-state index in [1.807, 2.05) is 0 Å². The summed E-state index contributed by atoms with van der Waals surface area (Å²) in [6, 6.07) is 2.98. The molecule has 4 bridgehead atoms. The highest BCUT2D eigenvalue weighted by Gasteiger charge is 2.51. The molecular weight excluding hydrogens is 427 g/mol. The Morgan fingerprint density at radius 3 is 2.16 bits per heavy atom. The van der Waals surface area contributed by atoms with Crippen molar-refractivity contribution in [3.8, 4) is 5.75 Å². The fourth-order valence-corrected chi connectivity index (χ4v) is 9.06. The van der Waals surface area contributed by atoms with Crippen LogP contribution in [0.3, 0.4) is 0 Å². The number of Topliss-reactive ketones (excluding diaryl/α,β-unsaturated/α-hetero) is 1. The quantitative estimate of drug-likeness (QED) is 0.484. The molecule has 0 atom stereocenters. The molecule has 6 fully saturated rings. The molecule has 0 spiro atoms. The SMILES string of the molecule is O=C(CS(=O)(=O)C1CC1)c1cc(C2CCC2)c(OCC23CC4CC(CC(C4)C2)C3)cc1F. The first-order chi connectivity index (χ1) is 15.3. The summed E-state index contributed by atoms with van der Waals surface area (Å²) in [4.78, 5) is 12.7. The van der Waals surface area contributed by atoms with Crippen LogP contribution in [0.15, 0.2) is 12.1 Å². The van der Waals surface area contributed by atoms with Gasteiger partial charge in [-0.05, 0) is 99.5 Å². The van der Waals surface area contributed by atoms with E-state index in [4.69, 9.17) is 4.74 Å². The predicted octanol–water partition coefficient (Wildman–Crippen LogP) is 5.45. The van der Waals surface area contributed by atoms with Crippen LogP contribution in [0.2, 0.25) is 0 Å². The van der Waals surface area contributed by atoms with Gasteiger partial charge in [-0.2, -0.15) is 0 Å². The lowest BCUT2D eigenvalue weighted by atomic mass is 9.50. The molecule has 1 aromatic carbocycles. The maximum absolute atomic E-state index is 15.0. The summed E-state index contributed by atoms with van der Waals surface area (Å²) in [6.45, 7) is 0.638. The van der Waals surface area contributed by atoms with Gasteiger partial charge in [-0.3, -0.25) is 4.79 Å². The maximum atomic E-state index is 15.0. The van der Waals surface area contributed by atoms with E-state index < -0.39 is 32.4 Å². The van der Waals surface area contributed by atoms with Gasteiger partial charge in [0.15, 0.2) is 15.6 Å². The molecule has 0 saturated heterocycles. The van der Waals surface area contributed by atoms with E-state index >= 15 is 4.39 Å². The molecule has 4 nitrogen and oxygen atoms in total. The molecule has 0 N–H and O–H groups in total. The van der Waals surface area contributed by atoms with E-state index in [0.29, 0.717) is 25.2 Å². The molecule has 174 valence electrons. The minimum Gasteiger partial charge on any atom is -0.493 e. The van der Waals surface area contributed by atoms with Gasteiger partial charge in [-0.25, -0.2) is 12.8 Å². The van der Waals surface area contributed by atoms with Crippen LogP contribution in [0.5, 0.6) is 5.75 Å². The number of hydrogen-bond donors (Lipinski definition) is 0. The Morgan fingerprint density at radius 1 is 1.00 bits per heavy atom. The maximum Gasteiger partial charge on any atom is 0.180 e. The van der Waals surface area contributed by atoms with Crippen LogP contribution in [-0.2, 0) is 9.84 Å². The van der Waals surface area contributed by atoms with Crippen LogP contribution in [0.1, 0.15) is 92.5 Å². The van der Waals surface area contributed by atoms with Gasteiger partial charge in [0.2, 0.25) is 0 Å². The highest BCUT2D eigenvalue weighted by molar-refractivity contribution is 7.93. The number of carbonyl (C=O) groups is 1. The average molecular weight is 461 g/mol. The van der Waals surface area contributed by atoms with Crippen molar-refractivity contribution in [2.24, 2.45) is 23.2 Å². The standard InChI is InChI=1S/C26H33FO4S/c27-23-10-25(31-15-26-11-16-6-17(12-26)8-18(7-16)13-26)21(19-2-1-3-19)9-22(23)24(28)14-32(29,30)20-4-5-20/h9-10,16-20H,1-8,11-15H2. The number of carbonyl (C=O) groups excluding carboxylic acids is 1. The molecule has 32 heavy (non-hydrogen) atoms. The highest BCUT2D eigenvalue weighted by atomic mass is 32.2. The van der Waals surface area contributed by atoms with Crippen molar-refractivity contribution in [3.63, 3.8) is 0 Å². The number of rotatable bonds is 8. The molecule has 6 saturated carbocycles. The van der Waals surface area contributed by atoms with Gasteiger partial charge in [0.1, 0.15) is 17.3 Å². The average Bonchev–Trinajstić information content (AvgIpc) is 3.51. The number of ether oxygens (including phenoxy) is 1. The first kappa shape index (κ1) is 21.1. The lowest BCUT2D eigenvalue weighted by molar-refractivity contribution is -0.0747. The zero-order valence-electron chi connectivity index (χ0n) is 18.7. The van der Waals surface area contributed by atoms with Crippen LogP contribution in [0.25, 0.3) is 0 Å². The third-order valence-corrected chi connectivity index (χ3v) is 11.2. The summed E-state index contributed by atoms with van der Waals surface area (Å²) in [5.74, 6) is 1.49. The normalized spacial score (nSPS) is 33.8. The fourth-order valence-electron chi connectivity index (χ4n) is 7.45. The minimum absolute atomic E-state index is 0.0849. The van der Waals surface area contributed by atoms with Gasteiger partial charge in [0.25, 0.3) is 0 Å². The van der Waals surface area contributed by atoms with E-state index in [0.717, 1.165) is 42.6 Å². The fraction of sp³-hybridized carbons (Fsp3) is 0.731. The van der Waals surface area contributed by atoms with E-state index in [1.165, 1.54) is 44.6 Å². The van der Waals surface area contributed by atoms with E-state index in [2.05, 4.69) is 0 Å². The zero-order chi connectivity index (χ0) is 22.1. The van der Waals surface area contributed by atoms with Gasteiger partial charge in [0, 0.05) is 11.5 Å². The molecule has 0 amide bonds. The lowest BCUT2D eigenvalue weighted by Gasteiger charge is -2.56. The molecular formula is C26H33FO4S. The van der Waals surface area contributed by atoms with E-state index in [1.54, 1.807) is 6.07 Å². The van der Waals surface area contributed by atoms with Crippen molar-refractivity contribution < 1.29 is 22.3 Å². The molecule has 1 aromatic rings. The van der Waals surface area contributed by atoms with Crippen LogP contribution in [0, 0.1) is 29.0 Å². The molecule has 0 aromatic heterocycles. The molecule has 6 aliphatic rings. The monoisotopic (exact) mass is 460 g/mol. The van der Waals surface area contributed by atoms with Crippen molar-refractivity contribution in [3.05, 3.63) is 29.1 Å². The number of sulfone groups is 1. The van der Waals surface area contributed by atoms with Crippen molar-refractivity contribution in [2.45, 2.75) is 81.8 Å². The Kier molecular flexibility index (Phi) is 4.98. The van der Waals surface area contributed by atoms with E-state index in [-0.39, 0.29) is 16.9 Å². The first-order valence-electron chi connectivity index (χ1n) is 12.5. The summed E-state index contributed by atoms with van der Waals surface area (Å²) in [5.41, 5.74) is 1.04. The second kappa shape index (κ2) is 7.54. The second-order valence-electron chi connectivity index (χ2n) is 11.6. The highest BCUT2D eigenvalue weighted by Crippen LogP contribution is 2.60. The van der Waals surface area contributed by atoms with Crippen molar-refractivity contribution in [2.75, 3.05) is 12.4 Å². The van der Waals surface area contributed by atoms with E-state index in [9.17, 15) is 13.2 Å². The van der Waals surface area contributed by atoms with Crippen LogP contribution in [-0.4, -0.2) is 31.8 Å². The number of hydrogen-bond acceptors (Lipinski definition) is 4. The minimum atomic E-state index is -3.47. The third kappa shape index (κ3) is 3.80.